The summed E-state index contributed by atoms with van der Waals surface area (Å²) in [6.07, 6.45) is 1.55. The fraction of sp³-hybridized carbons (Fsp3) is 0.0400. The quantitative estimate of drug-likeness (QED) is 0.359. The molecule has 2 heterocycles. The van der Waals surface area contributed by atoms with Crippen LogP contribution in [0.5, 0.6) is 0 Å². The first-order valence-electron chi connectivity index (χ1n) is 9.72. The molecule has 0 unspecified atom stereocenters. The van der Waals surface area contributed by atoms with E-state index in [1.165, 1.54) is 12.1 Å². The molecular formula is C25H17ClFN3O. The lowest BCUT2D eigenvalue weighted by Crippen LogP contribution is -2.12. The van der Waals surface area contributed by atoms with E-state index >= 15 is 0 Å². The molecule has 6 heteroatoms. The van der Waals surface area contributed by atoms with Crippen LogP contribution in [0.25, 0.3) is 33.1 Å². The van der Waals surface area contributed by atoms with Crippen molar-refractivity contribution in [2.24, 2.45) is 7.05 Å². The molecule has 0 spiro atoms. The van der Waals surface area contributed by atoms with Crippen molar-refractivity contribution in [3.05, 3.63) is 95.4 Å². The molecule has 0 atom stereocenters. The third-order valence-electron chi connectivity index (χ3n) is 5.42. The van der Waals surface area contributed by atoms with Crippen LogP contribution in [0.3, 0.4) is 0 Å². The Balaban J connectivity index is 1.46. The van der Waals surface area contributed by atoms with Gasteiger partial charge in [0.05, 0.1) is 10.7 Å². The van der Waals surface area contributed by atoms with Crippen LogP contribution < -0.4 is 5.32 Å². The maximum atomic E-state index is 14.7. The number of carbonyl (C=O) groups excluding carboxylic acids is 1. The number of rotatable bonds is 3. The Morgan fingerprint density at radius 1 is 0.968 bits per heavy atom. The Hall–Kier alpha value is -3.70. The predicted octanol–water partition coefficient (Wildman–Crippen LogP) is 6.44. The van der Waals surface area contributed by atoms with Crippen LogP contribution in [0.4, 0.5) is 10.1 Å². The number of benzene rings is 3. The summed E-state index contributed by atoms with van der Waals surface area (Å²) in [5.74, 6) is -0.949. The molecule has 0 aliphatic heterocycles. The smallest absolute Gasteiger partial charge is 0.255 e. The standard InChI is InChI=1S/C25H17ClFN3O/c1-30-22-7-3-2-5-17(22)19-14-16(9-11-23(19)30)29-25(31)15-8-10-18(21(27)13-15)24-20(26)6-4-12-28-24/h2-14H,1H3,(H,29,31). The molecule has 5 rings (SSSR count). The zero-order valence-corrected chi connectivity index (χ0v) is 17.3. The topological polar surface area (TPSA) is 46.9 Å². The van der Waals surface area contributed by atoms with Crippen molar-refractivity contribution >= 4 is 45.0 Å². The van der Waals surface area contributed by atoms with Gasteiger partial charge >= 0.3 is 0 Å². The van der Waals surface area contributed by atoms with Gasteiger partial charge in [-0.15, -0.1) is 0 Å². The lowest BCUT2D eigenvalue weighted by atomic mass is 10.1. The van der Waals surface area contributed by atoms with E-state index in [1.807, 2.05) is 37.4 Å². The minimum atomic E-state index is -0.558. The first kappa shape index (κ1) is 19.3. The summed E-state index contributed by atoms with van der Waals surface area (Å²) in [5, 5.41) is 5.37. The average Bonchev–Trinajstić information content (AvgIpc) is 3.06. The highest BCUT2D eigenvalue weighted by molar-refractivity contribution is 6.33. The molecule has 31 heavy (non-hydrogen) atoms. The Kier molecular flexibility index (Phi) is 4.68. The molecule has 4 nitrogen and oxygen atoms in total. The van der Waals surface area contributed by atoms with Gasteiger partial charge in [-0.05, 0) is 54.6 Å². The lowest BCUT2D eigenvalue weighted by Gasteiger charge is -2.09. The number of aromatic nitrogens is 2. The number of nitrogens with one attached hydrogen (secondary N) is 1. The minimum absolute atomic E-state index is 0.214. The largest absolute Gasteiger partial charge is 0.344 e. The fourth-order valence-electron chi connectivity index (χ4n) is 3.88. The number of carbonyl (C=O) groups is 1. The van der Waals surface area contributed by atoms with Crippen molar-refractivity contribution in [2.75, 3.05) is 5.32 Å². The molecule has 2 aromatic heterocycles. The van der Waals surface area contributed by atoms with Gasteiger partial charge in [-0.3, -0.25) is 9.78 Å². The van der Waals surface area contributed by atoms with Gasteiger partial charge in [0.25, 0.3) is 5.91 Å². The molecule has 0 saturated carbocycles. The normalized spacial score (nSPS) is 11.2. The number of para-hydroxylation sites is 1. The number of pyridine rings is 1. The molecule has 0 aliphatic carbocycles. The molecule has 5 aromatic rings. The van der Waals surface area contributed by atoms with Crippen molar-refractivity contribution in [3.63, 3.8) is 0 Å². The number of aryl methyl sites for hydroxylation is 1. The van der Waals surface area contributed by atoms with Crippen LogP contribution in [-0.4, -0.2) is 15.5 Å². The maximum absolute atomic E-state index is 14.7. The van der Waals surface area contributed by atoms with Gasteiger partial charge in [-0.25, -0.2) is 4.39 Å². The summed E-state index contributed by atoms with van der Waals surface area (Å²) in [6, 6.07) is 21.5. The van der Waals surface area contributed by atoms with E-state index in [2.05, 4.69) is 27.0 Å². The number of hydrogen-bond donors (Lipinski definition) is 1. The SMILES string of the molecule is Cn1c2ccccc2c2cc(NC(=O)c3ccc(-c4ncccc4Cl)c(F)c3)ccc21. The number of amides is 1. The van der Waals surface area contributed by atoms with Gasteiger partial charge in [0.15, 0.2) is 0 Å². The van der Waals surface area contributed by atoms with Crippen molar-refractivity contribution in [2.45, 2.75) is 0 Å². The number of anilines is 1. The zero-order valence-electron chi connectivity index (χ0n) is 16.6. The van der Waals surface area contributed by atoms with Crippen molar-refractivity contribution in [1.82, 2.24) is 9.55 Å². The van der Waals surface area contributed by atoms with Crippen LogP contribution in [0.1, 0.15) is 10.4 Å². The molecule has 0 fully saturated rings. The van der Waals surface area contributed by atoms with Gasteiger partial charge in [-0.2, -0.15) is 0 Å². The van der Waals surface area contributed by atoms with Crippen molar-refractivity contribution < 1.29 is 9.18 Å². The van der Waals surface area contributed by atoms with E-state index in [0.717, 1.165) is 21.8 Å². The van der Waals surface area contributed by atoms with Crippen molar-refractivity contribution in [3.8, 4) is 11.3 Å². The second-order valence-electron chi connectivity index (χ2n) is 7.29. The first-order chi connectivity index (χ1) is 15.0. The molecule has 0 saturated heterocycles. The number of nitrogens with zero attached hydrogens (tertiary/aromatic N) is 2. The summed E-state index contributed by atoms with van der Waals surface area (Å²) in [5.41, 5.74) is 3.64. The Labute approximate surface area is 182 Å². The number of fused-ring (bicyclic) bond motifs is 3. The summed E-state index contributed by atoms with van der Waals surface area (Å²) >= 11 is 6.12. The van der Waals surface area contributed by atoms with E-state index in [-0.39, 0.29) is 11.1 Å². The van der Waals surface area contributed by atoms with Crippen LogP contribution in [0.2, 0.25) is 5.02 Å². The highest BCUT2D eigenvalue weighted by Gasteiger charge is 2.15. The van der Waals surface area contributed by atoms with Gasteiger partial charge < -0.3 is 9.88 Å². The fourth-order valence-corrected chi connectivity index (χ4v) is 4.10. The van der Waals surface area contributed by atoms with E-state index in [4.69, 9.17) is 11.6 Å². The van der Waals surface area contributed by atoms with Crippen LogP contribution in [-0.2, 0) is 7.05 Å². The van der Waals surface area contributed by atoms with Gasteiger partial charge in [0.1, 0.15) is 5.82 Å². The number of hydrogen-bond acceptors (Lipinski definition) is 2. The van der Waals surface area contributed by atoms with Gasteiger partial charge in [0, 0.05) is 51.9 Å². The number of halogens is 2. The van der Waals surface area contributed by atoms with Crippen LogP contribution in [0, 0.1) is 5.82 Å². The van der Waals surface area contributed by atoms with Crippen LogP contribution >= 0.6 is 11.6 Å². The summed E-state index contributed by atoms with van der Waals surface area (Å²) in [4.78, 5) is 16.9. The Morgan fingerprint density at radius 3 is 2.58 bits per heavy atom. The molecule has 0 bridgehead atoms. The zero-order chi connectivity index (χ0) is 21.5. The molecule has 1 amide bonds. The molecule has 1 N–H and O–H groups in total. The molecule has 0 radical (unpaired) electrons. The average molecular weight is 430 g/mol. The monoisotopic (exact) mass is 429 g/mol. The maximum Gasteiger partial charge on any atom is 0.255 e. The minimum Gasteiger partial charge on any atom is -0.344 e. The van der Waals surface area contributed by atoms with E-state index in [1.54, 1.807) is 24.4 Å². The molecular weight excluding hydrogens is 413 g/mol. The second-order valence-corrected chi connectivity index (χ2v) is 7.70. The molecule has 0 aliphatic rings. The third kappa shape index (κ3) is 3.33. The lowest BCUT2D eigenvalue weighted by molar-refractivity contribution is 0.102. The first-order valence-corrected chi connectivity index (χ1v) is 10.1. The molecule has 152 valence electrons. The summed E-state index contributed by atoms with van der Waals surface area (Å²) in [6.45, 7) is 0. The third-order valence-corrected chi connectivity index (χ3v) is 5.72. The second kappa shape index (κ2) is 7.52. The predicted molar refractivity (Wildman–Crippen MR) is 123 cm³/mol. The highest BCUT2D eigenvalue weighted by atomic mass is 35.5. The van der Waals surface area contributed by atoms with Gasteiger partial charge in [-0.1, -0.05) is 29.8 Å². The Morgan fingerprint density at radius 2 is 1.77 bits per heavy atom. The van der Waals surface area contributed by atoms with Gasteiger partial charge in [0.2, 0.25) is 0 Å². The van der Waals surface area contributed by atoms with Crippen LogP contribution in [0.15, 0.2) is 79.0 Å². The highest BCUT2D eigenvalue weighted by Crippen LogP contribution is 2.31. The van der Waals surface area contributed by atoms with E-state index in [0.29, 0.717) is 16.4 Å². The van der Waals surface area contributed by atoms with E-state index in [9.17, 15) is 9.18 Å². The Bertz CT molecular complexity index is 1470. The summed E-state index contributed by atoms with van der Waals surface area (Å²) in [7, 11) is 2.01. The molecule has 3 aromatic carbocycles. The van der Waals surface area contributed by atoms with E-state index < -0.39 is 11.7 Å². The summed E-state index contributed by atoms with van der Waals surface area (Å²) < 4.78 is 16.8. The van der Waals surface area contributed by atoms with Crippen molar-refractivity contribution in [1.29, 1.82) is 0 Å².